The quantitative estimate of drug-likeness (QED) is 0.765. The van der Waals surface area contributed by atoms with Crippen molar-refractivity contribution in [3.05, 3.63) is 0 Å². The summed E-state index contributed by atoms with van der Waals surface area (Å²) in [5.41, 5.74) is -0.535. The number of carbonyl (C=O) groups excluding carboxylic acids is 2. The molecule has 0 rings (SSSR count). The maximum absolute atomic E-state index is 11.4. The van der Waals surface area contributed by atoms with Gasteiger partial charge in [0.25, 0.3) is 0 Å². The summed E-state index contributed by atoms with van der Waals surface area (Å²) >= 11 is 0. The summed E-state index contributed by atoms with van der Waals surface area (Å²) in [6.07, 6.45) is -0.492. The third kappa shape index (κ3) is 6.76. The molecule has 0 aromatic heterocycles. The van der Waals surface area contributed by atoms with E-state index in [0.717, 1.165) is 0 Å². The second kappa shape index (κ2) is 5.58. The Bertz CT molecular complexity index is 233. The highest BCUT2D eigenvalue weighted by Gasteiger charge is 2.20. The second-order valence-corrected chi connectivity index (χ2v) is 4.29. The predicted molar refractivity (Wildman–Crippen MR) is 57.5 cm³/mol. The van der Waals surface area contributed by atoms with Gasteiger partial charge in [-0.25, -0.2) is 4.79 Å². The highest BCUT2D eigenvalue weighted by atomic mass is 16.6. The molecular weight excluding hydrogens is 196 g/mol. The second-order valence-electron chi connectivity index (χ2n) is 4.29. The lowest BCUT2D eigenvalue weighted by atomic mass is 10.2. The summed E-state index contributed by atoms with van der Waals surface area (Å²) in [4.78, 5) is 23.8. The van der Waals surface area contributed by atoms with Crippen LogP contribution in [0.25, 0.3) is 0 Å². The predicted octanol–water partition coefficient (Wildman–Crippen LogP) is 0.989. The molecule has 0 saturated heterocycles. The van der Waals surface area contributed by atoms with Crippen LogP contribution in [0.5, 0.6) is 0 Å². The van der Waals surface area contributed by atoms with E-state index < -0.39 is 11.7 Å². The van der Waals surface area contributed by atoms with Crippen LogP contribution in [0.3, 0.4) is 0 Å². The maximum Gasteiger partial charge on any atom is 0.410 e. The van der Waals surface area contributed by atoms with Gasteiger partial charge in [-0.2, -0.15) is 0 Å². The van der Waals surface area contributed by atoms with E-state index in [1.165, 1.54) is 11.9 Å². The molecule has 0 radical (unpaired) electrons. The molecule has 5 nitrogen and oxygen atoms in total. The van der Waals surface area contributed by atoms with Crippen LogP contribution < -0.4 is 5.32 Å². The first-order valence-corrected chi connectivity index (χ1v) is 4.97. The van der Waals surface area contributed by atoms with Gasteiger partial charge in [0.05, 0.1) is 0 Å². The fourth-order valence-corrected chi connectivity index (χ4v) is 0.873. The number of rotatable bonds is 3. The van der Waals surface area contributed by atoms with Crippen molar-refractivity contribution in [3.63, 3.8) is 0 Å². The number of amides is 2. The number of hydrogen-bond donors (Lipinski definition) is 1. The molecule has 0 aliphatic rings. The van der Waals surface area contributed by atoms with Crippen molar-refractivity contribution in [2.45, 2.75) is 33.3 Å². The van der Waals surface area contributed by atoms with Gasteiger partial charge in [0.15, 0.2) is 0 Å². The summed E-state index contributed by atoms with van der Waals surface area (Å²) < 4.78 is 5.09. The van der Waals surface area contributed by atoms with E-state index in [1.807, 2.05) is 6.92 Å². The number of hydrogen-bond acceptors (Lipinski definition) is 3. The Labute approximate surface area is 90.8 Å². The Kier molecular flexibility index (Phi) is 5.11. The zero-order chi connectivity index (χ0) is 12.1. The Morgan fingerprint density at radius 1 is 1.33 bits per heavy atom. The summed E-state index contributed by atoms with van der Waals surface area (Å²) in [5.74, 6) is -0.189. The van der Waals surface area contributed by atoms with E-state index >= 15 is 0 Å². The van der Waals surface area contributed by atoms with Crippen molar-refractivity contribution in [3.8, 4) is 0 Å². The minimum absolute atomic E-state index is 0.0166. The minimum Gasteiger partial charge on any atom is -0.444 e. The van der Waals surface area contributed by atoms with Crippen molar-refractivity contribution in [1.82, 2.24) is 10.2 Å². The topological polar surface area (TPSA) is 58.6 Å². The van der Waals surface area contributed by atoms with Crippen molar-refractivity contribution >= 4 is 12.0 Å². The molecule has 0 saturated carbocycles. The van der Waals surface area contributed by atoms with Gasteiger partial charge in [-0.1, -0.05) is 0 Å². The number of likely N-dealkylation sites (N-methyl/N-ethyl adjacent to an activating group) is 2. The first kappa shape index (κ1) is 13.7. The standard InChI is InChI=1S/C10H20N2O3/c1-6-11-8(13)7-12(5)9(14)15-10(2,3)4/h6-7H2,1-5H3,(H,11,13). The van der Waals surface area contributed by atoms with Crippen molar-refractivity contribution < 1.29 is 14.3 Å². The highest BCUT2D eigenvalue weighted by Crippen LogP contribution is 2.08. The number of carbonyl (C=O) groups is 2. The molecule has 0 spiro atoms. The maximum atomic E-state index is 11.4. The largest absolute Gasteiger partial charge is 0.444 e. The summed E-state index contributed by atoms with van der Waals surface area (Å²) in [7, 11) is 1.53. The molecule has 0 aromatic carbocycles. The normalized spacial score (nSPS) is 10.7. The van der Waals surface area contributed by atoms with E-state index in [9.17, 15) is 9.59 Å². The van der Waals surface area contributed by atoms with Gasteiger partial charge in [0.2, 0.25) is 5.91 Å². The molecule has 0 aliphatic carbocycles. The van der Waals surface area contributed by atoms with E-state index in [4.69, 9.17) is 4.74 Å². The van der Waals surface area contributed by atoms with E-state index in [-0.39, 0.29) is 12.5 Å². The van der Waals surface area contributed by atoms with Crippen LogP contribution in [0.4, 0.5) is 4.79 Å². The van der Waals surface area contributed by atoms with Gasteiger partial charge in [0.1, 0.15) is 12.1 Å². The lowest BCUT2D eigenvalue weighted by molar-refractivity contribution is -0.121. The number of ether oxygens (including phenoxy) is 1. The van der Waals surface area contributed by atoms with Gasteiger partial charge in [0, 0.05) is 13.6 Å². The van der Waals surface area contributed by atoms with Gasteiger partial charge >= 0.3 is 6.09 Å². The fourth-order valence-electron chi connectivity index (χ4n) is 0.873. The van der Waals surface area contributed by atoms with E-state index in [0.29, 0.717) is 6.54 Å². The molecule has 5 heteroatoms. The lowest BCUT2D eigenvalue weighted by Gasteiger charge is -2.24. The average Bonchev–Trinajstić information content (AvgIpc) is 2.00. The Morgan fingerprint density at radius 2 is 1.87 bits per heavy atom. The van der Waals surface area contributed by atoms with Crippen LogP contribution in [0.2, 0.25) is 0 Å². The van der Waals surface area contributed by atoms with Crippen molar-refractivity contribution in [1.29, 1.82) is 0 Å². The van der Waals surface area contributed by atoms with Crippen LogP contribution in [0.1, 0.15) is 27.7 Å². The highest BCUT2D eigenvalue weighted by molar-refractivity contribution is 5.82. The molecule has 88 valence electrons. The smallest absolute Gasteiger partial charge is 0.410 e. The Morgan fingerprint density at radius 3 is 2.27 bits per heavy atom. The van der Waals surface area contributed by atoms with E-state index in [1.54, 1.807) is 20.8 Å². The van der Waals surface area contributed by atoms with Crippen LogP contribution >= 0.6 is 0 Å². The average molecular weight is 216 g/mol. The fraction of sp³-hybridized carbons (Fsp3) is 0.800. The van der Waals surface area contributed by atoms with Gasteiger partial charge in [-0.05, 0) is 27.7 Å². The zero-order valence-corrected chi connectivity index (χ0v) is 10.1. The van der Waals surface area contributed by atoms with Gasteiger partial charge < -0.3 is 15.0 Å². The SMILES string of the molecule is CCNC(=O)CN(C)C(=O)OC(C)(C)C. The number of nitrogens with one attached hydrogen (secondary N) is 1. The van der Waals surface area contributed by atoms with Crippen LogP contribution in [0, 0.1) is 0 Å². The van der Waals surface area contributed by atoms with Crippen LogP contribution in [0.15, 0.2) is 0 Å². The molecule has 0 heterocycles. The Balaban J connectivity index is 4.05. The molecular formula is C10H20N2O3. The van der Waals surface area contributed by atoms with Crippen molar-refractivity contribution in [2.24, 2.45) is 0 Å². The van der Waals surface area contributed by atoms with Gasteiger partial charge in [-0.15, -0.1) is 0 Å². The summed E-state index contributed by atoms with van der Waals surface area (Å²) in [5, 5.41) is 2.61. The molecule has 0 aromatic rings. The summed E-state index contributed by atoms with van der Waals surface area (Å²) in [6, 6.07) is 0. The Hall–Kier alpha value is -1.26. The molecule has 1 N–H and O–H groups in total. The first-order valence-electron chi connectivity index (χ1n) is 4.97. The van der Waals surface area contributed by atoms with Crippen LogP contribution in [-0.4, -0.2) is 42.6 Å². The molecule has 0 aliphatic heterocycles. The minimum atomic E-state index is -0.535. The molecule has 0 atom stereocenters. The van der Waals surface area contributed by atoms with Gasteiger partial charge in [-0.3, -0.25) is 4.79 Å². The van der Waals surface area contributed by atoms with Crippen molar-refractivity contribution in [2.75, 3.05) is 20.1 Å². The molecule has 0 bridgehead atoms. The third-order valence-electron chi connectivity index (χ3n) is 1.46. The number of nitrogens with zero attached hydrogens (tertiary/aromatic N) is 1. The summed E-state index contributed by atoms with van der Waals surface area (Å²) in [6.45, 7) is 7.75. The molecule has 0 unspecified atom stereocenters. The van der Waals surface area contributed by atoms with E-state index in [2.05, 4.69) is 5.32 Å². The van der Waals surface area contributed by atoms with Crippen LogP contribution in [-0.2, 0) is 9.53 Å². The molecule has 0 fully saturated rings. The molecule has 2 amide bonds. The lowest BCUT2D eigenvalue weighted by Crippen LogP contribution is -2.40. The molecule has 15 heavy (non-hydrogen) atoms. The monoisotopic (exact) mass is 216 g/mol. The third-order valence-corrected chi connectivity index (χ3v) is 1.46. The first-order chi connectivity index (χ1) is 6.76. The zero-order valence-electron chi connectivity index (χ0n) is 10.1.